The first kappa shape index (κ1) is 18.9. The van der Waals surface area contributed by atoms with Crippen LogP contribution in [0, 0.1) is 5.82 Å². The van der Waals surface area contributed by atoms with Crippen molar-refractivity contribution in [2.75, 3.05) is 19.1 Å². The van der Waals surface area contributed by atoms with Crippen molar-refractivity contribution in [2.45, 2.75) is 6.92 Å². The van der Waals surface area contributed by atoms with Crippen molar-refractivity contribution in [3.8, 4) is 28.4 Å². The minimum absolute atomic E-state index is 0.111. The number of fused-ring (bicyclic) bond motifs is 1. The van der Waals surface area contributed by atoms with Crippen LogP contribution in [0.15, 0.2) is 18.5 Å². The number of H-pyrrole nitrogens is 2. The van der Waals surface area contributed by atoms with Crippen molar-refractivity contribution in [1.29, 1.82) is 0 Å². The highest BCUT2D eigenvalue weighted by molar-refractivity contribution is 6.33. The van der Waals surface area contributed by atoms with Crippen LogP contribution in [0.25, 0.3) is 33.5 Å². The van der Waals surface area contributed by atoms with Gasteiger partial charge in [0.25, 0.3) is 0 Å². The number of amides is 1. The SMILES string of the molecule is COc1cc2c(-c3cn[nH]c3)c(-c3nnc(N(C)C(C)=O)[nH]3)n(C)c2c(F)c1Cl. The predicted molar refractivity (Wildman–Crippen MR) is 106 cm³/mol. The molecule has 0 saturated heterocycles. The number of hydrogen-bond acceptors (Lipinski definition) is 5. The zero-order valence-corrected chi connectivity index (χ0v) is 16.8. The molecule has 1 aromatic carbocycles. The molecule has 0 saturated carbocycles. The topological polar surface area (TPSA) is 105 Å². The maximum atomic E-state index is 15.1. The van der Waals surface area contributed by atoms with E-state index in [2.05, 4.69) is 25.4 Å². The number of halogens is 2. The fourth-order valence-corrected chi connectivity index (χ4v) is 3.51. The lowest BCUT2D eigenvalue weighted by Crippen LogP contribution is -2.23. The summed E-state index contributed by atoms with van der Waals surface area (Å²) in [7, 11) is 4.70. The normalized spacial score (nSPS) is 11.2. The molecular formula is C18H17ClFN7O2. The van der Waals surface area contributed by atoms with Crippen LogP contribution < -0.4 is 9.64 Å². The Morgan fingerprint density at radius 3 is 2.76 bits per heavy atom. The molecule has 29 heavy (non-hydrogen) atoms. The maximum Gasteiger partial charge on any atom is 0.231 e. The molecular weight excluding hydrogens is 401 g/mol. The van der Waals surface area contributed by atoms with E-state index in [0.717, 1.165) is 0 Å². The van der Waals surface area contributed by atoms with Crippen molar-refractivity contribution in [3.05, 3.63) is 29.3 Å². The second-order valence-electron chi connectivity index (χ2n) is 6.45. The second-order valence-corrected chi connectivity index (χ2v) is 6.83. The molecule has 0 aliphatic carbocycles. The number of ether oxygens (including phenoxy) is 1. The quantitative estimate of drug-likeness (QED) is 0.530. The zero-order valence-electron chi connectivity index (χ0n) is 16.0. The number of benzene rings is 1. The molecule has 0 aliphatic rings. The van der Waals surface area contributed by atoms with Gasteiger partial charge in [0.2, 0.25) is 11.9 Å². The highest BCUT2D eigenvalue weighted by Gasteiger charge is 2.27. The number of hydrogen-bond donors (Lipinski definition) is 2. The van der Waals surface area contributed by atoms with Gasteiger partial charge in [0.05, 0.1) is 24.5 Å². The van der Waals surface area contributed by atoms with Crippen LogP contribution in [-0.4, -0.2) is 50.0 Å². The highest BCUT2D eigenvalue weighted by Crippen LogP contribution is 2.44. The van der Waals surface area contributed by atoms with Crippen LogP contribution >= 0.6 is 11.6 Å². The van der Waals surface area contributed by atoms with Gasteiger partial charge in [0.15, 0.2) is 11.6 Å². The number of nitrogens with one attached hydrogen (secondary N) is 2. The molecule has 4 aromatic rings. The van der Waals surface area contributed by atoms with Crippen LogP contribution in [0.1, 0.15) is 6.92 Å². The summed E-state index contributed by atoms with van der Waals surface area (Å²) < 4.78 is 22.0. The van der Waals surface area contributed by atoms with Crippen LogP contribution in [-0.2, 0) is 11.8 Å². The first-order valence-electron chi connectivity index (χ1n) is 8.56. The van der Waals surface area contributed by atoms with E-state index in [4.69, 9.17) is 16.3 Å². The van der Waals surface area contributed by atoms with Gasteiger partial charge in [0, 0.05) is 43.7 Å². The molecule has 11 heteroatoms. The van der Waals surface area contributed by atoms with Gasteiger partial charge in [0.1, 0.15) is 10.8 Å². The van der Waals surface area contributed by atoms with Crippen LogP contribution in [0.4, 0.5) is 10.3 Å². The Hall–Kier alpha value is -3.40. The summed E-state index contributed by atoms with van der Waals surface area (Å²) in [6.45, 7) is 1.42. The number of anilines is 1. The number of methoxy groups -OCH3 is 1. The third kappa shape index (κ3) is 2.83. The van der Waals surface area contributed by atoms with E-state index in [1.165, 1.54) is 18.9 Å². The van der Waals surface area contributed by atoms with Crippen LogP contribution in [0.2, 0.25) is 5.02 Å². The molecule has 0 atom stereocenters. The Kier molecular flexibility index (Phi) is 4.50. The lowest BCUT2D eigenvalue weighted by molar-refractivity contribution is -0.116. The summed E-state index contributed by atoms with van der Waals surface area (Å²) in [4.78, 5) is 16.0. The van der Waals surface area contributed by atoms with E-state index >= 15 is 4.39 Å². The van der Waals surface area contributed by atoms with Crippen molar-refractivity contribution < 1.29 is 13.9 Å². The average molecular weight is 418 g/mol. The maximum absolute atomic E-state index is 15.1. The molecule has 0 fully saturated rings. The number of aromatic amines is 2. The average Bonchev–Trinajstić information content (AvgIpc) is 3.42. The van der Waals surface area contributed by atoms with Crippen molar-refractivity contribution in [1.82, 2.24) is 29.9 Å². The number of aryl methyl sites for hydroxylation is 1. The van der Waals surface area contributed by atoms with Crippen molar-refractivity contribution in [2.24, 2.45) is 7.05 Å². The molecule has 3 heterocycles. The van der Waals surface area contributed by atoms with E-state index < -0.39 is 5.82 Å². The molecule has 0 bridgehead atoms. The molecule has 0 aliphatic heterocycles. The number of nitrogens with zero attached hydrogens (tertiary/aromatic N) is 5. The third-order valence-corrected chi connectivity index (χ3v) is 5.17. The zero-order chi connectivity index (χ0) is 20.9. The Balaban J connectivity index is 2.06. The highest BCUT2D eigenvalue weighted by atomic mass is 35.5. The van der Waals surface area contributed by atoms with Gasteiger partial charge in [-0.25, -0.2) is 4.39 Å². The summed E-state index contributed by atoms with van der Waals surface area (Å²) in [5.41, 5.74) is 2.21. The Morgan fingerprint density at radius 1 is 1.38 bits per heavy atom. The van der Waals surface area contributed by atoms with Gasteiger partial charge in [-0.05, 0) is 6.07 Å². The third-order valence-electron chi connectivity index (χ3n) is 4.82. The summed E-state index contributed by atoms with van der Waals surface area (Å²) in [5, 5.41) is 15.4. The fourth-order valence-electron chi connectivity index (χ4n) is 3.28. The second kappa shape index (κ2) is 6.89. The van der Waals surface area contributed by atoms with E-state index in [0.29, 0.717) is 28.0 Å². The standard InChI is InChI=1S/C18H17ClFN7O2/c1-8(28)26(2)18-23-17(24-25-18)16-12(9-6-21-22-7-9)10-5-11(29-4)13(19)14(20)15(10)27(16)3/h5-7H,1-4H3,(H,21,22)(H,23,24,25). The lowest BCUT2D eigenvalue weighted by Gasteiger charge is -2.09. The smallest absolute Gasteiger partial charge is 0.231 e. The molecule has 2 N–H and O–H groups in total. The summed E-state index contributed by atoms with van der Waals surface area (Å²) in [6.07, 6.45) is 3.31. The Morgan fingerprint density at radius 2 is 2.14 bits per heavy atom. The summed E-state index contributed by atoms with van der Waals surface area (Å²) >= 11 is 6.15. The number of carbonyl (C=O) groups excluding carboxylic acids is 1. The van der Waals surface area contributed by atoms with Crippen LogP contribution in [0.5, 0.6) is 5.75 Å². The number of carbonyl (C=O) groups is 1. The van der Waals surface area contributed by atoms with Gasteiger partial charge in [-0.2, -0.15) is 5.10 Å². The van der Waals surface area contributed by atoms with E-state index in [-0.39, 0.29) is 28.1 Å². The molecule has 0 radical (unpaired) electrons. The first-order valence-corrected chi connectivity index (χ1v) is 8.93. The minimum Gasteiger partial charge on any atom is -0.495 e. The first-order chi connectivity index (χ1) is 13.8. The fraction of sp³-hybridized carbons (Fsp3) is 0.222. The number of rotatable bonds is 4. The van der Waals surface area contributed by atoms with Crippen molar-refractivity contribution >= 4 is 34.4 Å². The van der Waals surface area contributed by atoms with Gasteiger partial charge in [-0.15, -0.1) is 10.2 Å². The Bertz CT molecular complexity index is 1230. The molecule has 0 spiro atoms. The molecule has 1 amide bonds. The van der Waals surface area contributed by atoms with Gasteiger partial charge >= 0.3 is 0 Å². The molecule has 150 valence electrons. The van der Waals surface area contributed by atoms with Crippen molar-refractivity contribution in [3.63, 3.8) is 0 Å². The molecule has 9 nitrogen and oxygen atoms in total. The number of aromatic nitrogens is 6. The van der Waals surface area contributed by atoms with E-state index in [1.54, 1.807) is 37.1 Å². The summed E-state index contributed by atoms with van der Waals surface area (Å²) in [6, 6.07) is 1.67. The monoisotopic (exact) mass is 417 g/mol. The van der Waals surface area contributed by atoms with Gasteiger partial charge in [-0.1, -0.05) is 11.6 Å². The summed E-state index contributed by atoms with van der Waals surface area (Å²) in [5.74, 6) is 0.0278. The Labute approximate surface area is 169 Å². The predicted octanol–water partition coefficient (Wildman–Crippen LogP) is 3.14. The van der Waals surface area contributed by atoms with E-state index in [1.807, 2.05) is 0 Å². The van der Waals surface area contributed by atoms with E-state index in [9.17, 15) is 4.79 Å². The van der Waals surface area contributed by atoms with Crippen LogP contribution in [0.3, 0.4) is 0 Å². The van der Waals surface area contributed by atoms with Gasteiger partial charge in [-0.3, -0.25) is 14.8 Å². The minimum atomic E-state index is -0.611. The molecule has 4 rings (SSSR count). The molecule has 0 unspecified atom stereocenters. The molecule has 3 aromatic heterocycles. The largest absolute Gasteiger partial charge is 0.495 e. The van der Waals surface area contributed by atoms with Gasteiger partial charge < -0.3 is 14.3 Å². The lowest BCUT2D eigenvalue weighted by atomic mass is 10.0.